The zero-order valence-corrected chi connectivity index (χ0v) is 22.2. The van der Waals surface area contributed by atoms with E-state index in [1.54, 1.807) is 36.5 Å². The van der Waals surface area contributed by atoms with Gasteiger partial charge in [-0.25, -0.2) is 8.42 Å². The Morgan fingerprint density at radius 1 is 1.18 bits per heavy atom. The lowest BCUT2D eigenvalue weighted by Gasteiger charge is -2.33. The van der Waals surface area contributed by atoms with Gasteiger partial charge in [0, 0.05) is 55.6 Å². The van der Waals surface area contributed by atoms with E-state index >= 15 is 0 Å². The fourth-order valence-electron chi connectivity index (χ4n) is 5.07. The summed E-state index contributed by atoms with van der Waals surface area (Å²) in [6.45, 7) is 9.11. The summed E-state index contributed by atoms with van der Waals surface area (Å²) in [5, 5.41) is 12.0. The first kappa shape index (κ1) is 25.9. The molecule has 1 aromatic carbocycles. The smallest absolute Gasteiger partial charge is 0.264 e. The lowest BCUT2D eigenvalue weighted by Crippen LogP contribution is -2.43. The van der Waals surface area contributed by atoms with Crippen LogP contribution < -0.4 is 4.72 Å². The van der Waals surface area contributed by atoms with Crippen molar-refractivity contribution in [2.24, 2.45) is 5.92 Å². The third-order valence-electron chi connectivity index (χ3n) is 7.17. The minimum absolute atomic E-state index is 0.141. The average Bonchev–Trinajstić information content (AvgIpc) is 3.20. The van der Waals surface area contributed by atoms with E-state index in [2.05, 4.69) is 43.3 Å². The van der Waals surface area contributed by atoms with Crippen LogP contribution in [0, 0.1) is 18.2 Å². The van der Waals surface area contributed by atoms with E-state index in [-0.39, 0.29) is 10.8 Å². The zero-order valence-electron chi connectivity index (χ0n) is 21.3. The lowest BCUT2D eigenvalue weighted by molar-refractivity contribution is -0.0237. The number of fused-ring (bicyclic) bond motifs is 1. The van der Waals surface area contributed by atoms with Crippen LogP contribution in [0.2, 0.25) is 0 Å². The van der Waals surface area contributed by atoms with Gasteiger partial charge in [0.25, 0.3) is 10.0 Å². The molecule has 0 saturated carbocycles. The molecular formula is C29H31N5O3S. The van der Waals surface area contributed by atoms with Gasteiger partial charge in [-0.1, -0.05) is 30.9 Å². The number of benzene rings is 1. The number of sulfonamides is 1. The van der Waals surface area contributed by atoms with Crippen LogP contribution >= 0.6 is 0 Å². The third kappa shape index (κ3) is 5.43. The number of nitrogens with one attached hydrogen (secondary N) is 1. The van der Waals surface area contributed by atoms with Crippen LogP contribution in [-0.4, -0.2) is 65.7 Å². The molecule has 1 aliphatic carbocycles. The van der Waals surface area contributed by atoms with Crippen LogP contribution in [0.1, 0.15) is 25.5 Å². The van der Waals surface area contributed by atoms with Crippen molar-refractivity contribution in [2.75, 3.05) is 26.2 Å². The van der Waals surface area contributed by atoms with Gasteiger partial charge < -0.3 is 10.0 Å². The first-order valence-corrected chi connectivity index (χ1v) is 14.2. The average molecular weight is 530 g/mol. The van der Waals surface area contributed by atoms with Crippen molar-refractivity contribution in [3.8, 4) is 0 Å². The van der Waals surface area contributed by atoms with E-state index in [1.807, 2.05) is 31.2 Å². The number of hydrogen-bond acceptors (Lipinski definition) is 7. The molecule has 5 rings (SSSR count). The molecule has 38 heavy (non-hydrogen) atoms. The van der Waals surface area contributed by atoms with Crippen LogP contribution in [0.25, 0.3) is 16.6 Å². The molecular weight excluding hydrogens is 498 g/mol. The Morgan fingerprint density at radius 3 is 2.82 bits per heavy atom. The van der Waals surface area contributed by atoms with Crippen LogP contribution in [-0.2, 0) is 10.0 Å². The molecule has 2 aliphatic rings. The number of aliphatic hydroxyl groups is 1. The number of nitrogens with zero attached hydrogens (tertiary/aromatic N) is 4. The number of rotatable bonds is 7. The Labute approximate surface area is 224 Å². The summed E-state index contributed by atoms with van der Waals surface area (Å²) in [5.41, 5.74) is 3.47. The zero-order chi connectivity index (χ0) is 26.7. The molecule has 3 aromatic rings. The van der Waals surface area contributed by atoms with Crippen molar-refractivity contribution in [3.05, 3.63) is 96.6 Å². The Hall–Kier alpha value is -3.71. The van der Waals surface area contributed by atoms with E-state index in [1.165, 1.54) is 0 Å². The Kier molecular flexibility index (Phi) is 7.47. The van der Waals surface area contributed by atoms with E-state index in [0.717, 1.165) is 48.4 Å². The molecule has 0 amide bonds. The minimum Gasteiger partial charge on any atom is -0.378 e. The Morgan fingerprint density at radius 2 is 2.03 bits per heavy atom. The maximum absolute atomic E-state index is 13.3. The monoisotopic (exact) mass is 529 g/mol. The number of hydrogen-bond donors (Lipinski definition) is 2. The predicted molar refractivity (Wildman–Crippen MR) is 147 cm³/mol. The summed E-state index contributed by atoms with van der Waals surface area (Å²) in [5.74, 6) is -0.141. The summed E-state index contributed by atoms with van der Waals surface area (Å²) >= 11 is 0. The summed E-state index contributed by atoms with van der Waals surface area (Å²) in [6.07, 6.45) is 8.75. The van der Waals surface area contributed by atoms with Gasteiger partial charge >= 0.3 is 0 Å². The molecule has 1 aliphatic heterocycles. The lowest BCUT2D eigenvalue weighted by atomic mass is 9.91. The van der Waals surface area contributed by atoms with Crippen LogP contribution in [0.4, 0.5) is 0 Å². The molecule has 1 saturated heterocycles. The largest absolute Gasteiger partial charge is 0.378 e. The second-order valence-electron chi connectivity index (χ2n) is 9.68. The van der Waals surface area contributed by atoms with Gasteiger partial charge in [0.15, 0.2) is 0 Å². The number of aliphatic hydroxyl groups excluding tert-OH is 1. The molecule has 2 atom stereocenters. The van der Waals surface area contributed by atoms with Gasteiger partial charge in [-0.3, -0.25) is 14.6 Å². The number of aromatic nitrogens is 2. The van der Waals surface area contributed by atoms with Crippen molar-refractivity contribution in [2.45, 2.75) is 30.9 Å². The second kappa shape index (κ2) is 11.0. The summed E-state index contributed by atoms with van der Waals surface area (Å²) in [6, 6.07) is 15.2. The molecule has 0 spiro atoms. The molecule has 2 unspecified atom stereocenters. The number of allylic oxidation sites excluding steroid dienone is 2. The highest BCUT2D eigenvalue weighted by Gasteiger charge is 2.29. The van der Waals surface area contributed by atoms with Gasteiger partial charge in [-0.05, 0) is 61.7 Å². The summed E-state index contributed by atoms with van der Waals surface area (Å²) < 4.78 is 29.2. The summed E-state index contributed by atoms with van der Waals surface area (Å²) in [7, 11) is -3.84. The predicted octanol–water partition coefficient (Wildman–Crippen LogP) is 3.36. The van der Waals surface area contributed by atoms with E-state index in [4.69, 9.17) is 0 Å². The van der Waals surface area contributed by atoms with Crippen LogP contribution in [0.5, 0.6) is 0 Å². The highest BCUT2D eigenvalue weighted by atomic mass is 32.2. The quantitative estimate of drug-likeness (QED) is 0.484. The number of para-hydroxylation sites is 1. The number of pyridine rings is 1. The van der Waals surface area contributed by atoms with E-state index < -0.39 is 16.3 Å². The molecule has 3 heterocycles. The third-order valence-corrected chi connectivity index (χ3v) is 8.57. The molecule has 2 aromatic heterocycles. The highest BCUT2D eigenvalue weighted by molar-refractivity contribution is 7.89. The maximum Gasteiger partial charge on any atom is 0.264 e. The topological polar surface area (TPSA) is 98.7 Å². The highest BCUT2D eigenvalue weighted by Crippen LogP contribution is 2.29. The van der Waals surface area contributed by atoms with Crippen molar-refractivity contribution in [1.82, 2.24) is 24.5 Å². The van der Waals surface area contributed by atoms with E-state index in [0.29, 0.717) is 24.2 Å². The molecule has 9 heteroatoms. The molecule has 0 bridgehead atoms. The molecule has 2 N–H and O–H groups in total. The normalized spacial score (nSPS) is 19.6. The maximum atomic E-state index is 13.3. The van der Waals surface area contributed by atoms with Crippen LogP contribution in [0.3, 0.4) is 0 Å². The first-order valence-electron chi connectivity index (χ1n) is 12.7. The van der Waals surface area contributed by atoms with Crippen molar-refractivity contribution in [1.29, 1.82) is 0 Å². The molecule has 0 radical (unpaired) electrons. The fraction of sp³-hybridized carbons (Fsp3) is 0.310. The van der Waals surface area contributed by atoms with Gasteiger partial charge in [0.2, 0.25) is 0 Å². The van der Waals surface area contributed by atoms with Crippen molar-refractivity contribution in [3.63, 3.8) is 0 Å². The minimum atomic E-state index is -3.84. The van der Waals surface area contributed by atoms with Gasteiger partial charge in [-0.15, -0.1) is 0 Å². The van der Waals surface area contributed by atoms with Gasteiger partial charge in [0.05, 0.1) is 16.9 Å². The fourth-order valence-corrected chi connectivity index (χ4v) is 6.39. The Bertz CT molecular complexity index is 1480. The SMILES string of the molecule is C=C(c1ccc#cn1)N1CCCN(C(O)C2C=CC(NS(=O)(=O)c3cccc4cccnc34)=C(C)C2)CC1. The van der Waals surface area contributed by atoms with Crippen molar-refractivity contribution >= 4 is 26.6 Å². The van der Waals surface area contributed by atoms with Gasteiger partial charge in [-0.2, -0.15) is 4.98 Å². The van der Waals surface area contributed by atoms with E-state index in [9.17, 15) is 13.5 Å². The second-order valence-corrected chi connectivity index (χ2v) is 11.3. The van der Waals surface area contributed by atoms with Crippen molar-refractivity contribution < 1.29 is 13.5 Å². The molecule has 1 fully saturated rings. The first-order chi connectivity index (χ1) is 18.3. The standard InChI is InChI=1S/C29H31N5O3S/c1-21-20-24(29(35)34-17-7-16-33(18-19-34)22(2)26-10-3-4-14-30-26)12-13-25(21)32-38(36,37)27-11-5-8-23-9-6-15-31-28(23)27/h3,5-6,8-13,15,24,29,32,35H,2,7,16-20H2,1H3. The molecule has 196 valence electrons. The van der Waals surface area contributed by atoms with Crippen LogP contribution in [0.15, 0.2) is 83.6 Å². The van der Waals surface area contributed by atoms with Gasteiger partial charge in [0.1, 0.15) is 11.1 Å². The molecule has 8 nitrogen and oxygen atoms in total. The Balaban J connectivity index is 1.23. The summed E-state index contributed by atoms with van der Waals surface area (Å²) in [4.78, 5) is 12.9.